The van der Waals surface area contributed by atoms with E-state index in [1.54, 1.807) is 12.4 Å². The Bertz CT molecular complexity index is 669. The van der Waals surface area contributed by atoms with E-state index in [1.165, 1.54) is 0 Å². The van der Waals surface area contributed by atoms with Crippen LogP contribution in [0.2, 0.25) is 0 Å². The molecule has 0 radical (unpaired) electrons. The van der Waals surface area contributed by atoms with Crippen LogP contribution in [0.3, 0.4) is 0 Å². The van der Waals surface area contributed by atoms with Crippen LogP contribution in [0.15, 0.2) is 48.0 Å². The fraction of sp³-hybridized carbons (Fsp3) is 0.526. The van der Waals surface area contributed by atoms with Gasteiger partial charge in [0.1, 0.15) is 0 Å². The van der Waals surface area contributed by atoms with E-state index < -0.39 is 0 Å². The minimum atomic E-state index is 0. The number of piperazine rings is 1. The van der Waals surface area contributed by atoms with Gasteiger partial charge in [-0.05, 0) is 25.1 Å². The Labute approximate surface area is 184 Å². The van der Waals surface area contributed by atoms with Crippen LogP contribution in [0.25, 0.3) is 0 Å². The van der Waals surface area contributed by atoms with Gasteiger partial charge >= 0.3 is 0 Å². The van der Waals surface area contributed by atoms with Crippen LogP contribution in [-0.2, 0) is 6.54 Å². The van der Waals surface area contributed by atoms with Gasteiger partial charge in [-0.2, -0.15) is 0 Å². The molecule has 1 fully saturated rings. The number of hydrogen-bond donors (Lipinski definition) is 2. The summed E-state index contributed by atoms with van der Waals surface area (Å²) >= 11 is 0. The molecule has 0 unspecified atom stereocenters. The molecule has 2 aromatic rings. The summed E-state index contributed by atoms with van der Waals surface area (Å²) in [6.45, 7) is 10.5. The molecule has 0 aromatic carbocycles. The van der Waals surface area contributed by atoms with Crippen molar-refractivity contribution < 1.29 is 0 Å². The zero-order valence-electron chi connectivity index (χ0n) is 16.5. The Morgan fingerprint density at radius 1 is 1.00 bits per heavy atom. The van der Waals surface area contributed by atoms with Gasteiger partial charge in [-0.15, -0.1) is 24.0 Å². The van der Waals surface area contributed by atoms with Crippen LogP contribution in [-0.4, -0.2) is 77.8 Å². The molecule has 154 valence electrons. The summed E-state index contributed by atoms with van der Waals surface area (Å²) in [4.78, 5) is 18.1. The van der Waals surface area contributed by atoms with Crippen LogP contribution in [0, 0.1) is 0 Å². The standard InChI is InChI=1S/C19H30N8.HI/c1-2-20-18(21-8-12-25-10-3-4-11-25)22-9-13-26-14-16-27(17-15-26)19-23-6-5-7-24-19;/h3-7,10-11H,2,8-9,12-17H2,1H3,(H2,20,21,22);1H. The molecule has 9 heteroatoms. The van der Waals surface area contributed by atoms with Gasteiger partial charge in [-0.1, -0.05) is 0 Å². The van der Waals surface area contributed by atoms with Gasteiger partial charge in [0.15, 0.2) is 5.96 Å². The summed E-state index contributed by atoms with van der Waals surface area (Å²) in [5, 5.41) is 6.72. The minimum Gasteiger partial charge on any atom is -0.357 e. The third-order valence-corrected chi connectivity index (χ3v) is 4.57. The topological polar surface area (TPSA) is 73.6 Å². The molecule has 2 aromatic heterocycles. The first-order valence-electron chi connectivity index (χ1n) is 9.72. The van der Waals surface area contributed by atoms with Crippen molar-refractivity contribution in [3.63, 3.8) is 0 Å². The highest BCUT2D eigenvalue weighted by Gasteiger charge is 2.18. The maximum absolute atomic E-state index is 4.71. The third-order valence-electron chi connectivity index (χ3n) is 4.57. The number of guanidine groups is 1. The smallest absolute Gasteiger partial charge is 0.225 e. The fourth-order valence-electron chi connectivity index (χ4n) is 3.09. The van der Waals surface area contributed by atoms with Crippen molar-refractivity contribution >= 4 is 35.9 Å². The molecule has 0 aliphatic carbocycles. The molecule has 3 rings (SSSR count). The zero-order chi connectivity index (χ0) is 18.7. The predicted octanol–water partition coefficient (Wildman–Crippen LogP) is 1.27. The SMILES string of the molecule is CCNC(=NCCN1CCN(c2ncccn2)CC1)NCCn1cccc1.I. The Balaban J connectivity index is 0.00000280. The highest BCUT2D eigenvalue weighted by atomic mass is 127. The maximum atomic E-state index is 4.71. The Morgan fingerprint density at radius 2 is 1.71 bits per heavy atom. The summed E-state index contributed by atoms with van der Waals surface area (Å²) in [7, 11) is 0. The number of halogens is 1. The molecule has 2 N–H and O–H groups in total. The second-order valence-corrected chi connectivity index (χ2v) is 6.49. The summed E-state index contributed by atoms with van der Waals surface area (Å²) in [5.41, 5.74) is 0. The maximum Gasteiger partial charge on any atom is 0.225 e. The largest absolute Gasteiger partial charge is 0.357 e. The van der Waals surface area contributed by atoms with Crippen molar-refractivity contribution in [2.45, 2.75) is 13.5 Å². The van der Waals surface area contributed by atoms with Gasteiger partial charge in [0.2, 0.25) is 5.95 Å². The van der Waals surface area contributed by atoms with Gasteiger partial charge in [-0.25, -0.2) is 9.97 Å². The monoisotopic (exact) mass is 498 g/mol. The quantitative estimate of drug-likeness (QED) is 0.325. The average molecular weight is 498 g/mol. The number of anilines is 1. The van der Waals surface area contributed by atoms with E-state index in [9.17, 15) is 0 Å². The van der Waals surface area contributed by atoms with E-state index >= 15 is 0 Å². The second-order valence-electron chi connectivity index (χ2n) is 6.49. The first kappa shape index (κ1) is 22.4. The molecular weight excluding hydrogens is 467 g/mol. The number of hydrogen-bond acceptors (Lipinski definition) is 5. The fourth-order valence-corrected chi connectivity index (χ4v) is 3.09. The van der Waals surface area contributed by atoms with Gasteiger partial charge in [-0.3, -0.25) is 9.89 Å². The Kier molecular flexibility index (Phi) is 10.0. The van der Waals surface area contributed by atoms with E-state index in [2.05, 4.69) is 54.3 Å². The van der Waals surface area contributed by atoms with E-state index in [0.29, 0.717) is 0 Å². The Hall–Kier alpha value is -1.88. The first-order valence-corrected chi connectivity index (χ1v) is 9.72. The van der Waals surface area contributed by atoms with Crippen molar-refractivity contribution in [2.24, 2.45) is 4.99 Å². The summed E-state index contributed by atoms with van der Waals surface area (Å²) in [5.74, 6) is 1.72. The second kappa shape index (κ2) is 12.6. The van der Waals surface area contributed by atoms with Crippen molar-refractivity contribution in [2.75, 3.05) is 57.3 Å². The van der Waals surface area contributed by atoms with Gasteiger partial charge < -0.3 is 20.1 Å². The van der Waals surface area contributed by atoms with Crippen molar-refractivity contribution in [1.29, 1.82) is 0 Å². The van der Waals surface area contributed by atoms with E-state index in [-0.39, 0.29) is 24.0 Å². The van der Waals surface area contributed by atoms with Crippen molar-refractivity contribution in [3.8, 4) is 0 Å². The molecule has 3 heterocycles. The molecule has 0 saturated carbocycles. The molecule has 0 atom stereocenters. The number of aliphatic imine (C=N–C) groups is 1. The van der Waals surface area contributed by atoms with E-state index in [0.717, 1.165) is 70.8 Å². The molecule has 8 nitrogen and oxygen atoms in total. The number of nitrogens with zero attached hydrogens (tertiary/aromatic N) is 6. The van der Waals surface area contributed by atoms with Crippen LogP contribution >= 0.6 is 24.0 Å². The van der Waals surface area contributed by atoms with E-state index in [1.807, 2.05) is 18.2 Å². The summed E-state index contributed by atoms with van der Waals surface area (Å²) in [6.07, 6.45) is 7.75. The molecule has 1 saturated heterocycles. The van der Waals surface area contributed by atoms with Crippen molar-refractivity contribution in [1.82, 2.24) is 30.1 Å². The van der Waals surface area contributed by atoms with Crippen LogP contribution in [0.5, 0.6) is 0 Å². The first-order chi connectivity index (χ1) is 13.3. The van der Waals surface area contributed by atoms with Gasteiger partial charge in [0.05, 0.1) is 6.54 Å². The molecule has 1 aliphatic heterocycles. The van der Waals surface area contributed by atoms with Crippen LogP contribution < -0.4 is 15.5 Å². The van der Waals surface area contributed by atoms with Crippen molar-refractivity contribution in [3.05, 3.63) is 43.0 Å². The molecule has 0 amide bonds. The third kappa shape index (κ3) is 7.27. The van der Waals surface area contributed by atoms with Crippen LogP contribution in [0.1, 0.15) is 6.92 Å². The van der Waals surface area contributed by atoms with E-state index in [4.69, 9.17) is 4.99 Å². The average Bonchev–Trinajstić information content (AvgIpc) is 3.23. The molecule has 1 aliphatic rings. The molecular formula is C19H31IN8. The lowest BCUT2D eigenvalue weighted by Crippen LogP contribution is -2.48. The van der Waals surface area contributed by atoms with Crippen LogP contribution in [0.4, 0.5) is 5.95 Å². The number of rotatable bonds is 8. The lowest BCUT2D eigenvalue weighted by Gasteiger charge is -2.34. The number of nitrogens with one attached hydrogen (secondary N) is 2. The Morgan fingerprint density at radius 3 is 2.39 bits per heavy atom. The molecule has 0 spiro atoms. The molecule has 0 bridgehead atoms. The summed E-state index contributed by atoms with van der Waals surface area (Å²) < 4.78 is 2.16. The van der Waals surface area contributed by atoms with Gasteiger partial charge in [0.25, 0.3) is 0 Å². The predicted molar refractivity (Wildman–Crippen MR) is 125 cm³/mol. The normalized spacial score (nSPS) is 15.2. The zero-order valence-corrected chi connectivity index (χ0v) is 18.8. The van der Waals surface area contributed by atoms with Gasteiger partial charge in [0, 0.05) is 77.1 Å². The minimum absolute atomic E-state index is 0. The lowest BCUT2D eigenvalue weighted by molar-refractivity contribution is 0.263. The highest BCUT2D eigenvalue weighted by molar-refractivity contribution is 14.0. The summed E-state index contributed by atoms with van der Waals surface area (Å²) in [6, 6.07) is 5.94. The molecule has 28 heavy (non-hydrogen) atoms. The highest BCUT2D eigenvalue weighted by Crippen LogP contribution is 2.09. The lowest BCUT2D eigenvalue weighted by atomic mass is 10.3. The number of aromatic nitrogens is 3.